The lowest BCUT2D eigenvalue weighted by atomic mass is 9.80. The van der Waals surface area contributed by atoms with Crippen molar-refractivity contribution in [1.82, 2.24) is 0 Å². The fraction of sp³-hybridized carbons (Fsp3) is 0.467. The average molecular weight is 685 g/mol. The Bertz CT molecular complexity index is 1720. The second kappa shape index (κ2) is 18.6. The molecule has 0 aliphatic heterocycles. The molecule has 1 aliphatic carbocycles. The van der Waals surface area contributed by atoms with Gasteiger partial charge in [-0.25, -0.2) is 4.39 Å². The van der Waals surface area contributed by atoms with E-state index >= 15 is 0 Å². The summed E-state index contributed by atoms with van der Waals surface area (Å²) in [4.78, 5) is 0. The standard InChI is InChI=1S/C45H58ClFO2/c1-9-16-31(6)43(32(7)30(5)12-4)44-33(8)37(25-26-41(44)46)39(40(17-10-2)45(49-27-11-3)34-18-13-19-34)21-15-28-48-42-22-14-20-35-29-36(47)23-24-38(35)42/h14,16,20,22-26,29-30H,9-13,15,17-19,21,27-28H2,1-8H3/b31-16-,40-39+,43-32+. The molecule has 49 heavy (non-hydrogen) atoms. The third kappa shape index (κ3) is 9.28. The second-order valence-corrected chi connectivity index (χ2v) is 14.1. The predicted octanol–water partition coefficient (Wildman–Crippen LogP) is 14.4. The first-order chi connectivity index (χ1) is 23.7. The van der Waals surface area contributed by atoms with Crippen molar-refractivity contribution in [3.63, 3.8) is 0 Å². The quantitative estimate of drug-likeness (QED) is 0.0800. The molecular weight excluding hydrogens is 627 g/mol. The van der Waals surface area contributed by atoms with Crippen molar-refractivity contribution < 1.29 is 13.9 Å². The zero-order chi connectivity index (χ0) is 35.5. The molecule has 0 amide bonds. The molecule has 1 aliphatic rings. The van der Waals surface area contributed by atoms with Gasteiger partial charge in [-0.05, 0) is 159 Å². The molecule has 0 N–H and O–H groups in total. The Kier molecular flexibility index (Phi) is 14.6. The van der Waals surface area contributed by atoms with Gasteiger partial charge >= 0.3 is 0 Å². The first-order valence-corrected chi connectivity index (χ1v) is 19.1. The minimum Gasteiger partial charge on any atom is -0.493 e. The number of rotatable bonds is 17. The highest BCUT2D eigenvalue weighted by Gasteiger charge is 2.25. The fourth-order valence-electron chi connectivity index (χ4n) is 7.05. The van der Waals surface area contributed by atoms with Crippen molar-refractivity contribution in [1.29, 1.82) is 0 Å². The van der Waals surface area contributed by atoms with Crippen LogP contribution in [0, 0.1) is 18.7 Å². The molecule has 1 unspecified atom stereocenters. The molecule has 4 heteroatoms. The van der Waals surface area contributed by atoms with Crippen LogP contribution >= 0.6 is 11.6 Å². The Morgan fingerprint density at radius 3 is 2.39 bits per heavy atom. The van der Waals surface area contributed by atoms with Crippen molar-refractivity contribution in [3.8, 4) is 5.75 Å². The first kappa shape index (κ1) is 38.5. The number of halogens is 2. The third-order valence-corrected chi connectivity index (χ3v) is 10.5. The maximum absolute atomic E-state index is 13.9. The summed E-state index contributed by atoms with van der Waals surface area (Å²) in [5.41, 5.74) is 11.7. The van der Waals surface area contributed by atoms with Gasteiger partial charge in [0.05, 0.1) is 13.2 Å². The number of hydrogen-bond acceptors (Lipinski definition) is 2. The third-order valence-electron chi connectivity index (χ3n) is 10.1. The van der Waals surface area contributed by atoms with Gasteiger partial charge in [0.25, 0.3) is 0 Å². The molecule has 0 heterocycles. The molecule has 0 aromatic heterocycles. The van der Waals surface area contributed by atoms with Crippen LogP contribution in [-0.2, 0) is 4.74 Å². The van der Waals surface area contributed by atoms with E-state index in [2.05, 4.69) is 73.6 Å². The van der Waals surface area contributed by atoms with E-state index in [0.717, 1.165) is 97.3 Å². The van der Waals surface area contributed by atoms with E-state index < -0.39 is 0 Å². The number of allylic oxidation sites excluding steroid dienone is 7. The summed E-state index contributed by atoms with van der Waals surface area (Å²) < 4.78 is 27.0. The Morgan fingerprint density at radius 2 is 1.73 bits per heavy atom. The van der Waals surface area contributed by atoms with Gasteiger partial charge in [-0.15, -0.1) is 0 Å². The Morgan fingerprint density at radius 1 is 0.959 bits per heavy atom. The molecule has 1 atom stereocenters. The monoisotopic (exact) mass is 684 g/mol. The van der Waals surface area contributed by atoms with Crippen molar-refractivity contribution in [3.05, 3.63) is 110 Å². The summed E-state index contributed by atoms with van der Waals surface area (Å²) in [5.74, 6) is 2.13. The van der Waals surface area contributed by atoms with E-state index in [9.17, 15) is 4.39 Å². The van der Waals surface area contributed by atoms with E-state index in [1.54, 1.807) is 6.07 Å². The summed E-state index contributed by atoms with van der Waals surface area (Å²) in [5, 5.41) is 2.58. The van der Waals surface area contributed by atoms with E-state index in [-0.39, 0.29) is 5.82 Å². The summed E-state index contributed by atoms with van der Waals surface area (Å²) in [6.07, 6.45) is 12.5. The van der Waals surface area contributed by atoms with Gasteiger partial charge in [0, 0.05) is 16.0 Å². The average Bonchev–Trinajstić information content (AvgIpc) is 3.06. The van der Waals surface area contributed by atoms with Gasteiger partial charge in [-0.1, -0.05) is 82.5 Å². The lowest BCUT2D eigenvalue weighted by Gasteiger charge is -2.28. The summed E-state index contributed by atoms with van der Waals surface area (Å²) in [7, 11) is 0. The smallest absolute Gasteiger partial charge is 0.127 e. The first-order valence-electron chi connectivity index (χ1n) is 18.7. The van der Waals surface area contributed by atoms with Crippen LogP contribution in [0.5, 0.6) is 5.75 Å². The Hall–Kier alpha value is -3.30. The van der Waals surface area contributed by atoms with Gasteiger partial charge < -0.3 is 9.47 Å². The van der Waals surface area contributed by atoms with E-state index in [0.29, 0.717) is 12.5 Å². The molecule has 2 nitrogen and oxygen atoms in total. The molecular formula is C45H58ClFO2. The van der Waals surface area contributed by atoms with Gasteiger partial charge in [0.2, 0.25) is 0 Å². The topological polar surface area (TPSA) is 18.5 Å². The highest BCUT2D eigenvalue weighted by molar-refractivity contribution is 6.33. The van der Waals surface area contributed by atoms with Crippen LogP contribution in [-0.4, -0.2) is 13.2 Å². The fourth-order valence-corrected chi connectivity index (χ4v) is 7.35. The van der Waals surface area contributed by atoms with Crippen LogP contribution in [0.2, 0.25) is 5.02 Å². The van der Waals surface area contributed by atoms with Gasteiger partial charge in [-0.3, -0.25) is 0 Å². The zero-order valence-corrected chi connectivity index (χ0v) is 32.1. The van der Waals surface area contributed by atoms with Crippen LogP contribution < -0.4 is 4.74 Å². The van der Waals surface area contributed by atoms with Crippen LogP contribution in [0.25, 0.3) is 21.9 Å². The molecule has 0 saturated heterocycles. The molecule has 0 bridgehead atoms. The zero-order valence-electron chi connectivity index (χ0n) is 31.3. The van der Waals surface area contributed by atoms with Crippen LogP contribution in [0.1, 0.15) is 129 Å². The number of hydrogen-bond donors (Lipinski definition) is 0. The van der Waals surface area contributed by atoms with Crippen LogP contribution in [0.3, 0.4) is 0 Å². The highest BCUT2D eigenvalue weighted by atomic mass is 35.5. The van der Waals surface area contributed by atoms with E-state index in [4.69, 9.17) is 21.1 Å². The second-order valence-electron chi connectivity index (χ2n) is 13.7. The minimum absolute atomic E-state index is 0.236. The molecule has 4 rings (SSSR count). The highest BCUT2D eigenvalue weighted by Crippen LogP contribution is 2.44. The van der Waals surface area contributed by atoms with Crippen molar-refractivity contribution in [2.24, 2.45) is 5.92 Å². The number of fused-ring (bicyclic) bond motifs is 1. The largest absolute Gasteiger partial charge is 0.493 e. The molecule has 3 aromatic carbocycles. The number of benzene rings is 3. The SMILES string of the molecule is CC/C=C(C)\C(=C(\C)C(C)CC)c1c(Cl)ccc(/C(CCCOc2cccc3cc(F)ccc23)=C(\CCC)C(OCCC)=C2CCC2)c1C. The summed E-state index contributed by atoms with van der Waals surface area (Å²) in [6, 6.07) is 15.1. The van der Waals surface area contributed by atoms with Crippen molar-refractivity contribution in [2.45, 2.75) is 120 Å². The maximum Gasteiger partial charge on any atom is 0.127 e. The lowest BCUT2D eigenvalue weighted by molar-refractivity contribution is 0.210. The molecule has 0 spiro atoms. The minimum atomic E-state index is -0.236. The normalized spacial score (nSPS) is 15.1. The molecule has 264 valence electrons. The summed E-state index contributed by atoms with van der Waals surface area (Å²) in [6.45, 7) is 19.3. The van der Waals surface area contributed by atoms with Crippen molar-refractivity contribution >= 4 is 33.5 Å². The van der Waals surface area contributed by atoms with Crippen LogP contribution in [0.4, 0.5) is 4.39 Å². The summed E-state index contributed by atoms with van der Waals surface area (Å²) >= 11 is 7.19. The molecule has 3 aromatic rings. The van der Waals surface area contributed by atoms with E-state index in [1.165, 1.54) is 57.1 Å². The van der Waals surface area contributed by atoms with Gasteiger partial charge in [0.15, 0.2) is 0 Å². The maximum atomic E-state index is 13.9. The van der Waals surface area contributed by atoms with E-state index in [1.807, 2.05) is 24.3 Å². The van der Waals surface area contributed by atoms with Gasteiger partial charge in [0.1, 0.15) is 17.3 Å². The molecule has 1 saturated carbocycles. The van der Waals surface area contributed by atoms with Crippen molar-refractivity contribution in [2.75, 3.05) is 13.2 Å². The Balaban J connectivity index is 1.86. The molecule has 1 fully saturated rings. The van der Waals surface area contributed by atoms with Gasteiger partial charge in [-0.2, -0.15) is 0 Å². The lowest BCUT2D eigenvalue weighted by Crippen LogP contribution is -2.11. The van der Waals surface area contributed by atoms with Crippen LogP contribution in [0.15, 0.2) is 82.7 Å². The Labute approximate surface area is 301 Å². The predicted molar refractivity (Wildman–Crippen MR) is 210 cm³/mol. The number of ether oxygens (including phenoxy) is 2. The molecule has 0 radical (unpaired) electrons.